The maximum atomic E-state index is 11.9. The van der Waals surface area contributed by atoms with Crippen LogP contribution in [-0.4, -0.2) is 11.8 Å². The van der Waals surface area contributed by atoms with E-state index in [1.165, 1.54) is 0 Å². The molecule has 2 aromatic rings. The van der Waals surface area contributed by atoms with Crippen LogP contribution in [0.5, 0.6) is 0 Å². The predicted octanol–water partition coefficient (Wildman–Crippen LogP) is 2.75. The molecule has 0 heterocycles. The number of carbonyl (C=O) groups excluding carboxylic acids is 2. The highest BCUT2D eigenvalue weighted by Crippen LogP contribution is 2.15. The second kappa shape index (κ2) is 6.55. The fraction of sp³-hybridized carbons (Fsp3) is 0.118. The van der Waals surface area contributed by atoms with E-state index < -0.39 is 11.8 Å². The number of rotatable bonds is 2. The number of hydrogen-bond donors (Lipinski definition) is 2. The minimum absolute atomic E-state index is 0.301. The van der Waals surface area contributed by atoms with Crippen LogP contribution in [-0.2, 0) is 9.59 Å². The Balaban J connectivity index is 2.08. The molecule has 0 aliphatic heterocycles. The molecule has 110 valence electrons. The van der Waals surface area contributed by atoms with Gasteiger partial charge in [-0.25, -0.2) is 0 Å². The number of amides is 2. The van der Waals surface area contributed by atoms with Gasteiger partial charge in [0.1, 0.15) is 6.07 Å². The first-order valence-corrected chi connectivity index (χ1v) is 6.70. The molecule has 0 radical (unpaired) electrons. The molecule has 0 atom stereocenters. The molecule has 2 aromatic carbocycles. The highest BCUT2D eigenvalue weighted by atomic mass is 16.2. The van der Waals surface area contributed by atoms with Crippen molar-refractivity contribution < 1.29 is 9.59 Å². The lowest BCUT2D eigenvalue weighted by Gasteiger charge is -2.09. The lowest BCUT2D eigenvalue weighted by atomic mass is 10.1. The van der Waals surface area contributed by atoms with Crippen LogP contribution in [0.2, 0.25) is 0 Å². The maximum Gasteiger partial charge on any atom is 0.314 e. The third kappa shape index (κ3) is 3.49. The average molecular weight is 293 g/mol. The normalized spacial score (nSPS) is 9.68. The molecule has 0 aliphatic carbocycles. The van der Waals surface area contributed by atoms with Crippen LogP contribution in [0.4, 0.5) is 11.4 Å². The number of nitriles is 1. The fourth-order valence-corrected chi connectivity index (χ4v) is 1.88. The first-order chi connectivity index (χ1) is 10.5. The number of carbonyl (C=O) groups is 2. The van der Waals surface area contributed by atoms with Gasteiger partial charge in [0.25, 0.3) is 0 Å². The van der Waals surface area contributed by atoms with E-state index in [-0.39, 0.29) is 0 Å². The highest BCUT2D eigenvalue weighted by molar-refractivity contribution is 6.43. The third-order valence-electron chi connectivity index (χ3n) is 3.27. The van der Waals surface area contributed by atoms with Crippen molar-refractivity contribution in [2.75, 3.05) is 10.6 Å². The smallest absolute Gasteiger partial charge is 0.314 e. The van der Waals surface area contributed by atoms with Gasteiger partial charge in [0.15, 0.2) is 0 Å². The van der Waals surface area contributed by atoms with E-state index in [0.29, 0.717) is 16.9 Å². The summed E-state index contributed by atoms with van der Waals surface area (Å²) < 4.78 is 0. The zero-order valence-corrected chi connectivity index (χ0v) is 12.3. The first kappa shape index (κ1) is 15.3. The van der Waals surface area contributed by atoms with Gasteiger partial charge >= 0.3 is 11.8 Å². The van der Waals surface area contributed by atoms with E-state index >= 15 is 0 Å². The van der Waals surface area contributed by atoms with Crippen molar-refractivity contribution in [3.8, 4) is 6.07 Å². The molecule has 0 aromatic heterocycles. The van der Waals surface area contributed by atoms with E-state index in [1.54, 1.807) is 36.4 Å². The Bertz CT molecular complexity index is 776. The Labute approximate surface area is 128 Å². The van der Waals surface area contributed by atoms with Gasteiger partial charge in [0, 0.05) is 5.69 Å². The Morgan fingerprint density at radius 1 is 0.955 bits per heavy atom. The van der Waals surface area contributed by atoms with E-state index in [1.807, 2.05) is 26.0 Å². The van der Waals surface area contributed by atoms with Crippen molar-refractivity contribution in [2.45, 2.75) is 13.8 Å². The molecular weight excluding hydrogens is 278 g/mol. The van der Waals surface area contributed by atoms with Crippen LogP contribution >= 0.6 is 0 Å². The molecule has 0 saturated heterocycles. The number of anilines is 2. The number of para-hydroxylation sites is 1. The molecule has 5 nitrogen and oxygen atoms in total. The summed E-state index contributed by atoms with van der Waals surface area (Å²) in [6, 6.07) is 13.9. The summed E-state index contributed by atoms with van der Waals surface area (Å²) in [4.78, 5) is 23.8. The predicted molar refractivity (Wildman–Crippen MR) is 84.3 cm³/mol. The molecule has 0 spiro atoms. The van der Waals surface area contributed by atoms with Gasteiger partial charge < -0.3 is 10.6 Å². The van der Waals surface area contributed by atoms with Crippen LogP contribution < -0.4 is 10.6 Å². The van der Waals surface area contributed by atoms with Gasteiger partial charge in [0.2, 0.25) is 0 Å². The summed E-state index contributed by atoms with van der Waals surface area (Å²) >= 11 is 0. The standard InChI is InChI=1S/C17H15N3O2/c1-11-7-8-14(9-12(11)2)19-16(21)17(22)20-15-6-4-3-5-13(15)10-18/h3-9H,1-2H3,(H,19,21)(H,20,22). The topological polar surface area (TPSA) is 82.0 Å². The first-order valence-electron chi connectivity index (χ1n) is 6.70. The van der Waals surface area contributed by atoms with Gasteiger partial charge in [-0.1, -0.05) is 18.2 Å². The largest absolute Gasteiger partial charge is 0.318 e. The molecule has 2 amide bonds. The Morgan fingerprint density at radius 2 is 1.64 bits per heavy atom. The molecule has 2 N–H and O–H groups in total. The van der Waals surface area contributed by atoms with Gasteiger partial charge in [-0.15, -0.1) is 0 Å². The lowest BCUT2D eigenvalue weighted by Crippen LogP contribution is -2.29. The average Bonchev–Trinajstić information content (AvgIpc) is 2.51. The summed E-state index contributed by atoms with van der Waals surface area (Å²) in [6.07, 6.45) is 0. The molecule has 0 aliphatic rings. The minimum Gasteiger partial charge on any atom is -0.318 e. The van der Waals surface area contributed by atoms with Crippen LogP contribution in [0.25, 0.3) is 0 Å². The molecule has 0 unspecified atom stereocenters. The van der Waals surface area contributed by atoms with Crippen LogP contribution in [0.15, 0.2) is 42.5 Å². The third-order valence-corrected chi connectivity index (χ3v) is 3.27. The molecule has 0 bridgehead atoms. The summed E-state index contributed by atoms with van der Waals surface area (Å²) in [7, 11) is 0. The van der Waals surface area contributed by atoms with E-state index in [9.17, 15) is 9.59 Å². The summed E-state index contributed by atoms with van der Waals surface area (Å²) in [6.45, 7) is 3.89. The zero-order chi connectivity index (χ0) is 16.1. The molecule has 0 fully saturated rings. The van der Waals surface area contributed by atoms with Crippen molar-refractivity contribution >= 4 is 23.2 Å². The molecule has 22 heavy (non-hydrogen) atoms. The Morgan fingerprint density at radius 3 is 2.32 bits per heavy atom. The van der Waals surface area contributed by atoms with E-state index in [0.717, 1.165) is 11.1 Å². The fourth-order valence-electron chi connectivity index (χ4n) is 1.88. The SMILES string of the molecule is Cc1ccc(NC(=O)C(=O)Nc2ccccc2C#N)cc1C. The van der Waals surface area contributed by atoms with E-state index in [4.69, 9.17) is 5.26 Å². The molecule has 2 rings (SSSR count). The second-order valence-electron chi connectivity index (χ2n) is 4.86. The summed E-state index contributed by atoms with van der Waals surface area (Å²) in [5, 5.41) is 13.9. The van der Waals surface area contributed by atoms with Gasteiger partial charge in [-0.3, -0.25) is 9.59 Å². The summed E-state index contributed by atoms with van der Waals surface area (Å²) in [5.41, 5.74) is 3.29. The maximum absolute atomic E-state index is 11.9. The monoisotopic (exact) mass is 293 g/mol. The zero-order valence-electron chi connectivity index (χ0n) is 12.3. The van der Waals surface area contributed by atoms with Crippen LogP contribution in [0, 0.1) is 25.2 Å². The van der Waals surface area contributed by atoms with Gasteiger partial charge in [-0.05, 0) is 49.2 Å². The van der Waals surface area contributed by atoms with Crippen molar-refractivity contribution in [2.24, 2.45) is 0 Å². The van der Waals surface area contributed by atoms with Crippen LogP contribution in [0.3, 0.4) is 0 Å². The van der Waals surface area contributed by atoms with Crippen molar-refractivity contribution in [3.05, 3.63) is 59.2 Å². The van der Waals surface area contributed by atoms with E-state index in [2.05, 4.69) is 10.6 Å². The lowest BCUT2D eigenvalue weighted by molar-refractivity contribution is -0.133. The number of benzene rings is 2. The van der Waals surface area contributed by atoms with Crippen molar-refractivity contribution in [1.29, 1.82) is 5.26 Å². The number of hydrogen-bond acceptors (Lipinski definition) is 3. The van der Waals surface area contributed by atoms with Crippen molar-refractivity contribution in [1.82, 2.24) is 0 Å². The highest BCUT2D eigenvalue weighted by Gasteiger charge is 2.15. The summed E-state index contributed by atoms with van der Waals surface area (Å²) in [5.74, 6) is -1.60. The molecule has 0 saturated carbocycles. The molecule has 5 heteroatoms. The number of nitrogens with one attached hydrogen (secondary N) is 2. The Kier molecular flexibility index (Phi) is 4.54. The molecular formula is C17H15N3O2. The number of aryl methyl sites for hydroxylation is 2. The Hall–Kier alpha value is -3.13. The number of nitrogens with zero attached hydrogens (tertiary/aromatic N) is 1. The minimum atomic E-state index is -0.819. The second-order valence-corrected chi connectivity index (χ2v) is 4.86. The quantitative estimate of drug-likeness (QED) is 0.835. The van der Waals surface area contributed by atoms with Crippen LogP contribution in [0.1, 0.15) is 16.7 Å². The van der Waals surface area contributed by atoms with Gasteiger partial charge in [-0.2, -0.15) is 5.26 Å². The van der Waals surface area contributed by atoms with Crippen molar-refractivity contribution in [3.63, 3.8) is 0 Å². The van der Waals surface area contributed by atoms with Gasteiger partial charge in [0.05, 0.1) is 11.3 Å².